The fraction of sp³-hybridized carbons (Fsp3) is 0.250. The van der Waals surface area contributed by atoms with Crippen LogP contribution in [0.25, 0.3) is 0 Å². The minimum absolute atomic E-state index is 0.344. The number of ether oxygens (including phenoxy) is 2. The number of hydrazone groups is 1. The van der Waals surface area contributed by atoms with Gasteiger partial charge in [0.1, 0.15) is 6.61 Å². The van der Waals surface area contributed by atoms with Crippen molar-refractivity contribution in [2.45, 2.75) is 20.5 Å². The molecule has 0 aliphatic carbocycles. The van der Waals surface area contributed by atoms with Crippen molar-refractivity contribution in [2.75, 3.05) is 13.2 Å². The van der Waals surface area contributed by atoms with E-state index in [0.717, 1.165) is 5.56 Å². The second kappa shape index (κ2) is 10.9. The molecule has 0 atom stereocenters. The molecule has 0 saturated carbocycles. The Balaban J connectivity index is 2.11. The number of halogens is 1. The van der Waals surface area contributed by atoms with Gasteiger partial charge in [0.25, 0.3) is 0 Å². The Labute approximate surface area is 168 Å². The summed E-state index contributed by atoms with van der Waals surface area (Å²) in [6, 6.07) is 13.0. The third kappa shape index (κ3) is 6.28. The molecule has 2 rings (SSSR count). The summed E-state index contributed by atoms with van der Waals surface area (Å²) in [5.41, 5.74) is 3.73. The molecular formula is C20H22ClN3O4. The van der Waals surface area contributed by atoms with Gasteiger partial charge in [-0.1, -0.05) is 41.9 Å². The van der Waals surface area contributed by atoms with Crippen molar-refractivity contribution in [1.82, 2.24) is 10.7 Å². The van der Waals surface area contributed by atoms with E-state index in [2.05, 4.69) is 15.8 Å². The van der Waals surface area contributed by atoms with Gasteiger partial charge in [0.15, 0.2) is 11.5 Å². The van der Waals surface area contributed by atoms with E-state index in [-0.39, 0.29) is 0 Å². The minimum atomic E-state index is -0.850. The summed E-state index contributed by atoms with van der Waals surface area (Å²) in [5.74, 6) is -0.715. The Morgan fingerprint density at radius 3 is 2.54 bits per heavy atom. The van der Waals surface area contributed by atoms with Crippen LogP contribution in [0.2, 0.25) is 5.02 Å². The predicted molar refractivity (Wildman–Crippen MR) is 108 cm³/mol. The molecule has 0 aliphatic heterocycles. The van der Waals surface area contributed by atoms with Gasteiger partial charge in [0, 0.05) is 6.54 Å². The van der Waals surface area contributed by atoms with Crippen molar-refractivity contribution >= 4 is 29.6 Å². The maximum atomic E-state index is 11.5. The average molecular weight is 404 g/mol. The average Bonchev–Trinajstić information content (AvgIpc) is 2.68. The smallest absolute Gasteiger partial charge is 0.329 e. The SMILES string of the molecule is CCNC(=O)C(=O)N/N=C\c1cc(Cl)c(OCc2ccccc2)c(OCC)c1. The van der Waals surface area contributed by atoms with Crippen LogP contribution < -0.4 is 20.2 Å². The lowest BCUT2D eigenvalue weighted by Gasteiger charge is -2.14. The maximum Gasteiger partial charge on any atom is 0.329 e. The minimum Gasteiger partial charge on any atom is -0.490 e. The van der Waals surface area contributed by atoms with Crippen molar-refractivity contribution in [3.63, 3.8) is 0 Å². The second-order valence-electron chi connectivity index (χ2n) is 5.60. The first-order valence-electron chi connectivity index (χ1n) is 8.79. The van der Waals surface area contributed by atoms with Crippen LogP contribution in [0.3, 0.4) is 0 Å². The number of rotatable bonds is 8. The van der Waals surface area contributed by atoms with Gasteiger partial charge in [-0.05, 0) is 37.1 Å². The number of nitrogens with zero attached hydrogens (tertiary/aromatic N) is 1. The van der Waals surface area contributed by atoms with E-state index in [1.165, 1.54) is 6.21 Å². The molecule has 2 amide bonds. The quantitative estimate of drug-likeness (QED) is 0.403. The molecule has 0 radical (unpaired) electrons. The van der Waals surface area contributed by atoms with Crippen molar-refractivity contribution < 1.29 is 19.1 Å². The summed E-state index contributed by atoms with van der Waals surface area (Å²) in [6.07, 6.45) is 1.37. The fourth-order valence-corrected chi connectivity index (χ4v) is 2.53. The number of benzene rings is 2. The van der Waals surface area contributed by atoms with Crippen LogP contribution in [0.1, 0.15) is 25.0 Å². The summed E-state index contributed by atoms with van der Waals surface area (Å²) < 4.78 is 11.5. The molecule has 7 nitrogen and oxygen atoms in total. The molecule has 2 N–H and O–H groups in total. The lowest BCUT2D eigenvalue weighted by atomic mass is 10.2. The van der Waals surface area contributed by atoms with Crippen LogP contribution >= 0.6 is 11.6 Å². The maximum absolute atomic E-state index is 11.5. The second-order valence-corrected chi connectivity index (χ2v) is 6.00. The topological polar surface area (TPSA) is 89.0 Å². The highest BCUT2D eigenvalue weighted by Gasteiger charge is 2.13. The number of hydrogen-bond acceptors (Lipinski definition) is 5. The zero-order valence-electron chi connectivity index (χ0n) is 15.7. The highest BCUT2D eigenvalue weighted by atomic mass is 35.5. The van der Waals surface area contributed by atoms with Gasteiger partial charge in [0.05, 0.1) is 17.8 Å². The van der Waals surface area contributed by atoms with Crippen LogP contribution in [0, 0.1) is 0 Å². The summed E-state index contributed by atoms with van der Waals surface area (Å²) in [7, 11) is 0. The number of likely N-dealkylation sites (N-methyl/N-ethyl adjacent to an activating group) is 1. The van der Waals surface area contributed by atoms with Gasteiger partial charge >= 0.3 is 11.8 Å². The zero-order valence-corrected chi connectivity index (χ0v) is 16.5. The first-order chi connectivity index (χ1) is 13.5. The molecule has 2 aromatic carbocycles. The third-order valence-corrected chi connectivity index (χ3v) is 3.76. The lowest BCUT2D eigenvalue weighted by molar-refractivity contribution is -0.139. The van der Waals surface area contributed by atoms with Crippen LogP contribution in [-0.4, -0.2) is 31.2 Å². The van der Waals surface area contributed by atoms with Crippen LogP contribution in [0.15, 0.2) is 47.6 Å². The monoisotopic (exact) mass is 403 g/mol. The summed E-state index contributed by atoms with van der Waals surface area (Å²) in [5, 5.41) is 6.50. The molecule has 0 aliphatic rings. The molecule has 0 spiro atoms. The van der Waals surface area contributed by atoms with Crippen molar-refractivity contribution in [1.29, 1.82) is 0 Å². The van der Waals surface area contributed by atoms with E-state index in [1.54, 1.807) is 19.1 Å². The number of carbonyl (C=O) groups excluding carboxylic acids is 2. The summed E-state index contributed by atoms with van der Waals surface area (Å²) in [6.45, 7) is 4.69. The molecular weight excluding hydrogens is 382 g/mol. The van der Waals surface area contributed by atoms with E-state index < -0.39 is 11.8 Å². The Bertz CT molecular complexity index is 841. The van der Waals surface area contributed by atoms with E-state index in [1.807, 2.05) is 37.3 Å². The van der Waals surface area contributed by atoms with Gasteiger partial charge in [0.2, 0.25) is 0 Å². The molecule has 0 aromatic heterocycles. The molecule has 0 heterocycles. The number of amides is 2. The van der Waals surface area contributed by atoms with E-state index in [4.69, 9.17) is 21.1 Å². The van der Waals surface area contributed by atoms with Gasteiger partial charge < -0.3 is 14.8 Å². The third-order valence-electron chi connectivity index (χ3n) is 3.48. The highest BCUT2D eigenvalue weighted by molar-refractivity contribution is 6.35. The zero-order chi connectivity index (χ0) is 20.4. The summed E-state index contributed by atoms with van der Waals surface area (Å²) in [4.78, 5) is 22.9. The number of nitrogens with one attached hydrogen (secondary N) is 2. The molecule has 0 unspecified atom stereocenters. The molecule has 2 aromatic rings. The lowest BCUT2D eigenvalue weighted by Crippen LogP contribution is -2.37. The Morgan fingerprint density at radius 2 is 1.86 bits per heavy atom. The number of carbonyl (C=O) groups is 2. The predicted octanol–water partition coefficient (Wildman–Crippen LogP) is 2.90. The first kappa shape index (κ1) is 21.2. The van der Waals surface area contributed by atoms with E-state index in [0.29, 0.717) is 41.8 Å². The van der Waals surface area contributed by atoms with Crippen LogP contribution in [-0.2, 0) is 16.2 Å². The Hall–Kier alpha value is -3.06. The Morgan fingerprint density at radius 1 is 1.11 bits per heavy atom. The van der Waals surface area contributed by atoms with Crippen molar-refractivity contribution in [3.8, 4) is 11.5 Å². The van der Waals surface area contributed by atoms with Gasteiger partial charge in [-0.3, -0.25) is 9.59 Å². The Kier molecular flexibility index (Phi) is 8.30. The fourth-order valence-electron chi connectivity index (χ4n) is 2.25. The molecule has 0 saturated heterocycles. The molecule has 28 heavy (non-hydrogen) atoms. The van der Waals surface area contributed by atoms with Crippen LogP contribution in [0.5, 0.6) is 11.5 Å². The van der Waals surface area contributed by atoms with Crippen molar-refractivity contribution in [2.24, 2.45) is 5.10 Å². The van der Waals surface area contributed by atoms with Gasteiger partial charge in [-0.2, -0.15) is 5.10 Å². The van der Waals surface area contributed by atoms with Crippen LogP contribution in [0.4, 0.5) is 0 Å². The van der Waals surface area contributed by atoms with Gasteiger partial charge in [-0.25, -0.2) is 5.43 Å². The molecule has 0 fully saturated rings. The first-order valence-corrected chi connectivity index (χ1v) is 9.17. The van der Waals surface area contributed by atoms with Gasteiger partial charge in [-0.15, -0.1) is 0 Å². The van der Waals surface area contributed by atoms with Crippen molar-refractivity contribution in [3.05, 3.63) is 58.6 Å². The normalized spacial score (nSPS) is 10.5. The number of hydrogen-bond donors (Lipinski definition) is 2. The highest BCUT2D eigenvalue weighted by Crippen LogP contribution is 2.36. The molecule has 148 valence electrons. The largest absolute Gasteiger partial charge is 0.490 e. The molecule has 0 bridgehead atoms. The molecule has 8 heteroatoms. The van der Waals surface area contributed by atoms with E-state index in [9.17, 15) is 9.59 Å². The summed E-state index contributed by atoms with van der Waals surface area (Å²) >= 11 is 6.35. The van der Waals surface area contributed by atoms with E-state index >= 15 is 0 Å². The standard InChI is InChI=1S/C20H22ClN3O4/c1-3-22-19(25)20(26)24-23-12-15-10-16(21)18(17(11-15)27-4-2)28-13-14-8-6-5-7-9-14/h5-12H,3-4,13H2,1-2H3,(H,22,25)(H,24,26)/b23-12-.